The van der Waals surface area contributed by atoms with Crippen LogP contribution >= 0.6 is 0 Å². The summed E-state index contributed by atoms with van der Waals surface area (Å²) < 4.78 is 0. The maximum Gasteiger partial charge on any atom is 0.320 e. The van der Waals surface area contributed by atoms with E-state index in [4.69, 9.17) is 21.7 Å². The van der Waals surface area contributed by atoms with Crippen LogP contribution in [0.3, 0.4) is 0 Å². The van der Waals surface area contributed by atoms with Gasteiger partial charge in [0.25, 0.3) is 0 Å². The Morgan fingerprint density at radius 3 is 2.45 bits per heavy atom. The summed E-state index contributed by atoms with van der Waals surface area (Å²) in [4.78, 5) is 10.2. The Balaban J connectivity index is 3.56. The number of rotatable bonds is 5. The second-order valence-corrected chi connectivity index (χ2v) is 2.41. The Morgan fingerprint density at radius 1 is 1.55 bits per heavy atom. The summed E-state index contributed by atoms with van der Waals surface area (Å²) in [5, 5.41) is 17.4. The summed E-state index contributed by atoms with van der Waals surface area (Å²) in [6.45, 7) is 0.341. The number of aliphatic hydroxyl groups is 1. The van der Waals surface area contributed by atoms with Gasteiger partial charge in [-0.15, -0.1) is 0 Å². The molecule has 0 rings (SSSR count). The van der Waals surface area contributed by atoms with Crippen LogP contribution < -0.4 is 11.5 Å². The largest absolute Gasteiger partial charge is 0.480 e. The molecule has 0 aliphatic heterocycles. The van der Waals surface area contributed by atoms with E-state index in [1.165, 1.54) is 0 Å². The van der Waals surface area contributed by atoms with Crippen molar-refractivity contribution in [2.24, 2.45) is 11.5 Å². The van der Waals surface area contributed by atoms with E-state index in [1.54, 1.807) is 0 Å². The molecule has 0 aliphatic carbocycles. The molecule has 0 heterocycles. The molecule has 66 valence electrons. The van der Waals surface area contributed by atoms with Crippen molar-refractivity contribution in [1.29, 1.82) is 0 Å². The van der Waals surface area contributed by atoms with Crippen LogP contribution in [0.25, 0.3) is 0 Å². The molecule has 6 N–H and O–H groups in total. The Labute approximate surface area is 65.0 Å². The summed E-state index contributed by atoms with van der Waals surface area (Å²) in [5.74, 6) is -1.10. The first-order valence-electron chi connectivity index (χ1n) is 3.44. The molecule has 0 bridgehead atoms. The average molecular weight is 162 g/mol. The molecule has 0 aromatic carbocycles. The lowest BCUT2D eigenvalue weighted by molar-refractivity contribution is -0.139. The minimum Gasteiger partial charge on any atom is -0.480 e. The molecule has 0 unspecified atom stereocenters. The molecule has 0 spiro atoms. The van der Waals surface area contributed by atoms with E-state index in [9.17, 15) is 4.79 Å². The summed E-state index contributed by atoms with van der Waals surface area (Å²) in [7, 11) is 0. The molecule has 0 amide bonds. The van der Waals surface area contributed by atoms with E-state index in [0.717, 1.165) is 0 Å². The van der Waals surface area contributed by atoms with Gasteiger partial charge in [-0.2, -0.15) is 0 Å². The Hall–Kier alpha value is -0.650. The number of carboxylic acids is 1. The Kier molecular flexibility index (Phi) is 4.76. The molecule has 2 atom stereocenters. The molecule has 0 saturated heterocycles. The van der Waals surface area contributed by atoms with Crippen LogP contribution in [0, 0.1) is 0 Å². The molecule has 5 heteroatoms. The highest BCUT2D eigenvalue weighted by Gasteiger charge is 2.15. The molecule has 0 radical (unpaired) electrons. The van der Waals surface area contributed by atoms with Crippen LogP contribution in [0.4, 0.5) is 0 Å². The molecule has 0 aliphatic rings. The zero-order chi connectivity index (χ0) is 8.85. The van der Waals surface area contributed by atoms with Gasteiger partial charge >= 0.3 is 5.97 Å². The van der Waals surface area contributed by atoms with E-state index in [1.807, 2.05) is 0 Å². The quantitative estimate of drug-likeness (QED) is 0.393. The van der Waals surface area contributed by atoms with Crippen molar-refractivity contribution in [1.82, 2.24) is 0 Å². The molecular weight excluding hydrogens is 148 g/mol. The number of aliphatic carboxylic acids is 1. The van der Waals surface area contributed by atoms with Crippen molar-refractivity contribution in [3.05, 3.63) is 0 Å². The number of aliphatic hydroxyl groups excluding tert-OH is 1. The summed E-state index contributed by atoms with van der Waals surface area (Å²) in [6, 6.07) is -0.989. The number of carbonyl (C=O) groups is 1. The van der Waals surface area contributed by atoms with Crippen molar-refractivity contribution in [2.45, 2.75) is 25.0 Å². The van der Waals surface area contributed by atoms with Gasteiger partial charge in [-0.05, 0) is 19.4 Å². The first-order valence-corrected chi connectivity index (χ1v) is 3.44. The maximum absolute atomic E-state index is 10.2. The van der Waals surface area contributed by atoms with Crippen LogP contribution in [0.15, 0.2) is 0 Å². The van der Waals surface area contributed by atoms with E-state index in [2.05, 4.69) is 0 Å². The van der Waals surface area contributed by atoms with Crippen molar-refractivity contribution >= 4 is 5.97 Å². The first-order chi connectivity index (χ1) is 5.07. The molecule has 11 heavy (non-hydrogen) atoms. The van der Waals surface area contributed by atoms with Crippen molar-refractivity contribution in [3.8, 4) is 0 Å². The first kappa shape index (κ1) is 10.3. The highest BCUT2D eigenvalue weighted by atomic mass is 16.4. The van der Waals surface area contributed by atoms with Gasteiger partial charge in [-0.3, -0.25) is 4.79 Å². The number of hydrogen-bond acceptors (Lipinski definition) is 4. The topological polar surface area (TPSA) is 110 Å². The number of carboxylic acid groups (broad SMARTS) is 1. The lowest BCUT2D eigenvalue weighted by Gasteiger charge is -2.11. The molecular formula is C6H14N2O3. The van der Waals surface area contributed by atoms with Crippen LogP contribution in [-0.2, 0) is 4.79 Å². The van der Waals surface area contributed by atoms with Crippen LogP contribution in [0.5, 0.6) is 0 Å². The molecule has 0 aromatic heterocycles. The third-order valence-electron chi connectivity index (χ3n) is 1.34. The van der Waals surface area contributed by atoms with Crippen molar-refractivity contribution < 1.29 is 15.0 Å². The summed E-state index contributed by atoms with van der Waals surface area (Å²) in [5.41, 5.74) is 10.3. The fraction of sp³-hybridized carbons (Fsp3) is 0.833. The van der Waals surface area contributed by atoms with Crippen LogP contribution in [0.1, 0.15) is 12.8 Å². The van der Waals surface area contributed by atoms with Gasteiger partial charge in [0.05, 0.1) is 6.10 Å². The zero-order valence-electron chi connectivity index (χ0n) is 6.23. The Morgan fingerprint density at radius 2 is 2.09 bits per heavy atom. The fourth-order valence-electron chi connectivity index (χ4n) is 0.704. The maximum atomic E-state index is 10.2. The zero-order valence-corrected chi connectivity index (χ0v) is 6.23. The highest BCUT2D eigenvalue weighted by molar-refractivity contribution is 5.73. The average Bonchev–Trinajstić information content (AvgIpc) is 1.87. The predicted molar refractivity (Wildman–Crippen MR) is 39.9 cm³/mol. The lowest BCUT2D eigenvalue weighted by Crippen LogP contribution is -2.34. The lowest BCUT2D eigenvalue weighted by atomic mass is 10.1. The van der Waals surface area contributed by atoms with Crippen LogP contribution in [-0.4, -0.2) is 34.9 Å². The van der Waals surface area contributed by atoms with Gasteiger partial charge in [0, 0.05) is 0 Å². The van der Waals surface area contributed by atoms with Gasteiger partial charge in [0.15, 0.2) is 0 Å². The number of nitrogens with two attached hydrogens (primary N) is 2. The van der Waals surface area contributed by atoms with E-state index >= 15 is 0 Å². The van der Waals surface area contributed by atoms with Gasteiger partial charge in [-0.25, -0.2) is 0 Å². The number of hydrogen-bond donors (Lipinski definition) is 4. The second-order valence-electron chi connectivity index (χ2n) is 2.41. The summed E-state index contributed by atoms with van der Waals surface area (Å²) in [6.07, 6.45) is -0.251. The second kappa shape index (κ2) is 5.06. The Bertz CT molecular complexity index is 129. The van der Waals surface area contributed by atoms with Gasteiger partial charge < -0.3 is 21.7 Å². The minimum absolute atomic E-state index is 0.0620. The molecule has 5 nitrogen and oxygen atoms in total. The fourth-order valence-corrected chi connectivity index (χ4v) is 0.704. The van der Waals surface area contributed by atoms with Gasteiger partial charge in [0.2, 0.25) is 0 Å². The monoisotopic (exact) mass is 162 g/mol. The standard InChI is InChI=1S/C6H14N2O3/c7-2-1-4(9)3-5(8)6(10)11/h4-5,9H,1-3,7-8H2,(H,10,11)/t4-,5+/m1/s1. The van der Waals surface area contributed by atoms with E-state index < -0.39 is 18.1 Å². The molecule has 0 aromatic rings. The molecule has 0 fully saturated rings. The van der Waals surface area contributed by atoms with E-state index in [0.29, 0.717) is 13.0 Å². The SMILES string of the molecule is NCC[C@@H](O)C[C@H](N)C(=O)O. The van der Waals surface area contributed by atoms with Crippen molar-refractivity contribution in [2.75, 3.05) is 6.54 Å². The predicted octanol–water partition coefficient (Wildman–Crippen LogP) is -1.50. The highest BCUT2D eigenvalue weighted by Crippen LogP contribution is 1.99. The van der Waals surface area contributed by atoms with Crippen molar-refractivity contribution in [3.63, 3.8) is 0 Å². The smallest absolute Gasteiger partial charge is 0.320 e. The van der Waals surface area contributed by atoms with Gasteiger partial charge in [-0.1, -0.05) is 0 Å². The van der Waals surface area contributed by atoms with E-state index in [-0.39, 0.29) is 6.42 Å². The molecule has 0 saturated carbocycles. The van der Waals surface area contributed by atoms with Gasteiger partial charge in [0.1, 0.15) is 6.04 Å². The third kappa shape index (κ3) is 4.72. The third-order valence-corrected chi connectivity index (χ3v) is 1.34. The summed E-state index contributed by atoms with van der Waals surface area (Å²) >= 11 is 0. The van der Waals surface area contributed by atoms with Crippen LogP contribution in [0.2, 0.25) is 0 Å². The normalized spacial score (nSPS) is 15.9. The minimum atomic E-state index is -1.10.